The Bertz CT molecular complexity index is 1020. The molecule has 1 aromatic heterocycles. The first-order valence-corrected chi connectivity index (χ1v) is 9.40. The number of thiophene rings is 1. The number of Topliss-reactive ketones (excluding diaryl/α,β-unsaturated/α-hetero) is 1. The minimum atomic E-state index is -0.672. The second-order valence-corrected chi connectivity index (χ2v) is 7.10. The lowest BCUT2D eigenvalue weighted by Crippen LogP contribution is -2.31. The van der Waals surface area contributed by atoms with Gasteiger partial charge in [0.25, 0.3) is 5.91 Å². The van der Waals surface area contributed by atoms with Crippen LogP contribution in [0, 0.1) is 6.92 Å². The molecule has 0 spiro atoms. The molecule has 1 heterocycles. The van der Waals surface area contributed by atoms with E-state index in [9.17, 15) is 14.4 Å². The maximum atomic E-state index is 12.4. The number of ether oxygens (including phenoxy) is 2. The lowest BCUT2D eigenvalue weighted by Gasteiger charge is -2.07. The summed E-state index contributed by atoms with van der Waals surface area (Å²) in [4.78, 5) is 36.9. The van der Waals surface area contributed by atoms with E-state index in [1.165, 1.54) is 18.4 Å². The van der Waals surface area contributed by atoms with Crippen molar-refractivity contribution in [2.75, 3.05) is 20.3 Å². The van der Waals surface area contributed by atoms with E-state index in [2.05, 4.69) is 5.32 Å². The number of hydrogen-bond acceptors (Lipinski definition) is 6. The molecule has 0 atom stereocenters. The molecule has 1 amide bonds. The van der Waals surface area contributed by atoms with Gasteiger partial charge in [0.05, 0.1) is 12.0 Å². The first kappa shape index (κ1) is 19.6. The van der Waals surface area contributed by atoms with E-state index in [4.69, 9.17) is 9.47 Å². The molecule has 3 aromatic rings. The SMILES string of the molecule is COc1ccc(C(=O)NCC(=O)OCC(=O)c2sc3ccccc3c2C)cc1. The number of amides is 1. The molecule has 7 heteroatoms. The average Bonchev–Trinajstić information content (AvgIpc) is 3.07. The number of benzene rings is 2. The van der Waals surface area contributed by atoms with Crippen molar-refractivity contribution in [1.29, 1.82) is 0 Å². The lowest BCUT2D eigenvalue weighted by atomic mass is 10.1. The molecule has 0 aliphatic rings. The fourth-order valence-electron chi connectivity index (χ4n) is 2.70. The second kappa shape index (κ2) is 8.67. The van der Waals surface area contributed by atoms with E-state index in [1.54, 1.807) is 24.3 Å². The minimum absolute atomic E-state index is 0.256. The zero-order valence-corrected chi connectivity index (χ0v) is 16.3. The van der Waals surface area contributed by atoms with Crippen molar-refractivity contribution in [3.8, 4) is 5.75 Å². The number of fused-ring (bicyclic) bond motifs is 1. The van der Waals surface area contributed by atoms with E-state index in [1.807, 2.05) is 31.2 Å². The van der Waals surface area contributed by atoms with Crippen LogP contribution in [0.1, 0.15) is 25.6 Å². The normalized spacial score (nSPS) is 10.5. The van der Waals surface area contributed by atoms with Gasteiger partial charge in [-0.2, -0.15) is 0 Å². The molecule has 0 aliphatic heterocycles. The summed E-state index contributed by atoms with van der Waals surface area (Å²) in [6.07, 6.45) is 0. The van der Waals surface area contributed by atoms with Gasteiger partial charge >= 0.3 is 5.97 Å². The summed E-state index contributed by atoms with van der Waals surface area (Å²) in [5.41, 5.74) is 1.28. The Morgan fingerprint density at radius 2 is 1.75 bits per heavy atom. The van der Waals surface area contributed by atoms with Crippen LogP contribution >= 0.6 is 11.3 Å². The molecule has 1 N–H and O–H groups in total. The Hall–Kier alpha value is -3.19. The largest absolute Gasteiger partial charge is 0.497 e. The Kier molecular flexibility index (Phi) is 6.06. The molecule has 6 nitrogen and oxygen atoms in total. The van der Waals surface area contributed by atoms with Crippen LogP contribution in [0.4, 0.5) is 0 Å². The van der Waals surface area contributed by atoms with Crippen molar-refractivity contribution in [1.82, 2.24) is 5.32 Å². The summed E-state index contributed by atoms with van der Waals surface area (Å²) in [6.45, 7) is 1.21. The van der Waals surface area contributed by atoms with E-state index in [-0.39, 0.29) is 18.9 Å². The molecule has 2 aromatic carbocycles. The molecule has 144 valence electrons. The van der Waals surface area contributed by atoms with Gasteiger partial charge in [0.15, 0.2) is 6.61 Å². The van der Waals surface area contributed by atoms with Gasteiger partial charge in [-0.15, -0.1) is 11.3 Å². The van der Waals surface area contributed by atoms with Crippen LogP contribution in [0.25, 0.3) is 10.1 Å². The van der Waals surface area contributed by atoms with Crippen LogP contribution in [0.2, 0.25) is 0 Å². The third-order valence-corrected chi connectivity index (χ3v) is 5.52. The molecule has 28 heavy (non-hydrogen) atoms. The number of ketones is 1. The molecular weight excluding hydrogens is 378 g/mol. The highest BCUT2D eigenvalue weighted by Gasteiger charge is 2.17. The van der Waals surface area contributed by atoms with E-state index >= 15 is 0 Å². The van der Waals surface area contributed by atoms with Gasteiger partial charge in [0.2, 0.25) is 5.78 Å². The van der Waals surface area contributed by atoms with Crippen molar-refractivity contribution in [3.63, 3.8) is 0 Å². The standard InChI is InChI=1S/C21H19NO5S/c1-13-16-5-3-4-6-18(16)28-20(13)17(23)12-27-19(24)11-22-21(25)14-7-9-15(26-2)10-8-14/h3-10H,11-12H2,1-2H3,(H,22,25). The van der Waals surface area contributed by atoms with Crippen molar-refractivity contribution in [2.24, 2.45) is 0 Å². The molecular formula is C21H19NO5S. The number of nitrogens with one attached hydrogen (secondary N) is 1. The van der Waals surface area contributed by atoms with Gasteiger partial charge < -0.3 is 14.8 Å². The first-order chi connectivity index (χ1) is 13.5. The van der Waals surface area contributed by atoms with Crippen LogP contribution in [-0.4, -0.2) is 37.9 Å². The van der Waals surface area contributed by atoms with E-state index < -0.39 is 11.9 Å². The second-order valence-electron chi connectivity index (χ2n) is 6.05. The smallest absolute Gasteiger partial charge is 0.325 e. The minimum Gasteiger partial charge on any atom is -0.497 e. The van der Waals surface area contributed by atoms with Crippen LogP contribution in [0.15, 0.2) is 48.5 Å². The molecule has 0 bridgehead atoms. The summed E-state index contributed by atoms with van der Waals surface area (Å²) in [5, 5.41) is 3.49. The zero-order valence-electron chi connectivity index (χ0n) is 15.5. The Morgan fingerprint density at radius 3 is 2.43 bits per heavy atom. The number of esters is 1. The average molecular weight is 397 g/mol. The Balaban J connectivity index is 1.51. The van der Waals surface area contributed by atoms with E-state index in [0.29, 0.717) is 16.2 Å². The van der Waals surface area contributed by atoms with Crippen molar-refractivity contribution >= 4 is 39.1 Å². The summed E-state index contributed by atoms with van der Waals surface area (Å²) < 4.78 is 11.1. The lowest BCUT2D eigenvalue weighted by molar-refractivity contribution is -0.141. The molecule has 0 saturated carbocycles. The van der Waals surface area contributed by atoms with Crippen LogP contribution in [0.3, 0.4) is 0 Å². The topological polar surface area (TPSA) is 81.7 Å². The Labute approximate surface area is 166 Å². The molecule has 0 aliphatic carbocycles. The molecule has 0 radical (unpaired) electrons. The molecule has 0 unspecified atom stereocenters. The fraction of sp³-hybridized carbons (Fsp3) is 0.190. The van der Waals surface area contributed by atoms with Gasteiger partial charge in [0, 0.05) is 10.3 Å². The molecule has 0 saturated heterocycles. The van der Waals surface area contributed by atoms with Gasteiger partial charge in [-0.3, -0.25) is 14.4 Å². The maximum absolute atomic E-state index is 12.4. The number of hydrogen-bond donors (Lipinski definition) is 1. The predicted molar refractivity (Wildman–Crippen MR) is 107 cm³/mol. The van der Waals surface area contributed by atoms with Crippen molar-refractivity contribution in [3.05, 3.63) is 64.5 Å². The summed E-state index contributed by atoms with van der Waals surface area (Å²) >= 11 is 1.38. The van der Waals surface area contributed by atoms with E-state index in [0.717, 1.165) is 15.6 Å². The maximum Gasteiger partial charge on any atom is 0.325 e. The summed E-state index contributed by atoms with van der Waals surface area (Å²) in [7, 11) is 1.53. The number of rotatable bonds is 7. The van der Waals surface area contributed by atoms with Crippen LogP contribution in [-0.2, 0) is 9.53 Å². The van der Waals surface area contributed by atoms with Gasteiger partial charge in [-0.25, -0.2) is 0 Å². The zero-order chi connectivity index (χ0) is 20.1. The highest BCUT2D eigenvalue weighted by Crippen LogP contribution is 2.30. The monoisotopic (exact) mass is 397 g/mol. The van der Waals surface area contributed by atoms with Crippen LogP contribution < -0.4 is 10.1 Å². The fourth-order valence-corrected chi connectivity index (χ4v) is 3.83. The Morgan fingerprint density at radius 1 is 1.04 bits per heavy atom. The quantitative estimate of drug-likeness (QED) is 0.488. The summed E-state index contributed by atoms with van der Waals surface area (Å²) in [6, 6.07) is 14.2. The third kappa shape index (κ3) is 4.37. The number of aryl methyl sites for hydroxylation is 1. The van der Waals surface area contributed by atoms with Gasteiger partial charge in [-0.05, 0) is 48.2 Å². The number of methoxy groups -OCH3 is 1. The van der Waals surface area contributed by atoms with Crippen LogP contribution in [0.5, 0.6) is 5.75 Å². The number of carbonyl (C=O) groups excluding carboxylic acids is 3. The highest BCUT2D eigenvalue weighted by molar-refractivity contribution is 7.21. The van der Waals surface area contributed by atoms with Crippen molar-refractivity contribution in [2.45, 2.75) is 6.92 Å². The third-order valence-electron chi connectivity index (χ3n) is 4.21. The van der Waals surface area contributed by atoms with Crippen molar-refractivity contribution < 1.29 is 23.9 Å². The number of carbonyl (C=O) groups is 3. The predicted octanol–water partition coefficient (Wildman–Crippen LogP) is 3.37. The summed E-state index contributed by atoms with van der Waals surface area (Å²) in [5.74, 6) is -0.709. The first-order valence-electron chi connectivity index (χ1n) is 8.59. The van der Waals surface area contributed by atoms with Gasteiger partial charge in [0.1, 0.15) is 12.3 Å². The highest BCUT2D eigenvalue weighted by atomic mass is 32.1. The molecule has 3 rings (SSSR count). The van der Waals surface area contributed by atoms with Gasteiger partial charge in [-0.1, -0.05) is 18.2 Å². The molecule has 0 fully saturated rings.